The van der Waals surface area contributed by atoms with Gasteiger partial charge in [0, 0.05) is 0 Å². The molecule has 1 heterocycles. The Morgan fingerprint density at radius 3 is 2.72 bits per heavy atom. The lowest BCUT2D eigenvalue weighted by atomic mass is 10.2. The fraction of sp³-hybridized carbons (Fsp3) is 0.182. The molecule has 0 saturated heterocycles. The van der Waals surface area contributed by atoms with Gasteiger partial charge in [-0.1, -0.05) is 41.9 Å². The van der Waals surface area contributed by atoms with E-state index < -0.39 is 5.97 Å². The summed E-state index contributed by atoms with van der Waals surface area (Å²) in [6.07, 6.45) is 0. The quantitative estimate of drug-likeness (QED) is 0.623. The molecular weight excluding hydrogens is 258 g/mol. The van der Waals surface area contributed by atoms with Gasteiger partial charge < -0.3 is 0 Å². The molecule has 0 amide bonds. The summed E-state index contributed by atoms with van der Waals surface area (Å²) in [7, 11) is 1.22. The Balaban J connectivity index is 2.16. The Labute approximate surface area is 108 Å². The number of halogens is 1. The maximum Gasteiger partial charge on any atom is 0.396 e. The van der Waals surface area contributed by atoms with Crippen molar-refractivity contribution in [2.24, 2.45) is 0 Å². The summed E-state index contributed by atoms with van der Waals surface area (Å²) in [5, 5.41) is 7.85. The second-order valence-corrected chi connectivity index (χ2v) is 3.75. The lowest BCUT2D eigenvalue weighted by Gasteiger charge is -1.98. The molecule has 0 spiro atoms. The molecule has 0 radical (unpaired) electrons. The molecule has 0 saturated carbocycles. The Bertz CT molecular complexity index is 542. The zero-order valence-electron chi connectivity index (χ0n) is 9.54. The number of nitrogens with zero attached hydrogens (tertiary/aromatic N) is 3. The van der Waals surface area contributed by atoms with Crippen molar-refractivity contribution in [2.45, 2.75) is 6.54 Å². The van der Waals surface area contributed by atoms with Gasteiger partial charge in [-0.25, -0.2) is 4.79 Å². The molecular formula is C11H10ClN3O3. The molecule has 0 aliphatic rings. The molecule has 2 rings (SSSR count). The van der Waals surface area contributed by atoms with E-state index in [4.69, 9.17) is 11.6 Å². The Morgan fingerprint density at radius 2 is 2.06 bits per heavy atom. The van der Waals surface area contributed by atoms with Gasteiger partial charge in [0.15, 0.2) is 5.15 Å². The van der Waals surface area contributed by atoms with Gasteiger partial charge in [0.2, 0.25) is 5.69 Å². The molecule has 0 aliphatic heterocycles. The van der Waals surface area contributed by atoms with Gasteiger partial charge in [0.1, 0.15) is 0 Å². The predicted molar refractivity (Wildman–Crippen MR) is 63.0 cm³/mol. The number of aromatic nitrogens is 3. The van der Waals surface area contributed by atoms with E-state index in [1.807, 2.05) is 30.3 Å². The van der Waals surface area contributed by atoms with Gasteiger partial charge in [0.05, 0.1) is 13.7 Å². The van der Waals surface area contributed by atoms with E-state index in [0.29, 0.717) is 6.54 Å². The van der Waals surface area contributed by atoms with Crippen LogP contribution in [0.2, 0.25) is 5.15 Å². The van der Waals surface area contributed by atoms with E-state index >= 15 is 0 Å². The summed E-state index contributed by atoms with van der Waals surface area (Å²) in [6, 6.07) is 9.56. The first kappa shape index (κ1) is 12.5. The van der Waals surface area contributed by atoms with E-state index in [1.165, 1.54) is 11.9 Å². The Kier molecular flexibility index (Phi) is 3.91. The maximum atomic E-state index is 11.4. The molecule has 0 unspecified atom stereocenters. The average Bonchev–Trinajstić information content (AvgIpc) is 2.72. The third-order valence-electron chi connectivity index (χ3n) is 2.13. The number of carbonyl (C=O) groups is 1. The number of hydrogen-bond donors (Lipinski definition) is 0. The zero-order valence-corrected chi connectivity index (χ0v) is 10.3. The van der Waals surface area contributed by atoms with Gasteiger partial charge in [-0.15, -0.1) is 10.2 Å². The highest BCUT2D eigenvalue weighted by molar-refractivity contribution is 6.32. The monoisotopic (exact) mass is 267 g/mol. The summed E-state index contributed by atoms with van der Waals surface area (Å²) >= 11 is 5.79. The Hall–Kier alpha value is -1.92. The highest BCUT2D eigenvalue weighted by atomic mass is 35.5. The van der Waals surface area contributed by atoms with Crippen molar-refractivity contribution >= 4 is 17.6 Å². The van der Waals surface area contributed by atoms with Gasteiger partial charge >= 0.3 is 5.97 Å². The van der Waals surface area contributed by atoms with Gasteiger partial charge in [0.25, 0.3) is 0 Å². The molecule has 0 aliphatic carbocycles. The Morgan fingerprint density at radius 1 is 1.33 bits per heavy atom. The second kappa shape index (κ2) is 5.61. The van der Waals surface area contributed by atoms with Crippen LogP contribution in [0.3, 0.4) is 0 Å². The smallest absolute Gasteiger partial charge is 0.291 e. The average molecular weight is 268 g/mol. The second-order valence-electron chi connectivity index (χ2n) is 3.39. The van der Waals surface area contributed by atoms with Crippen LogP contribution in [-0.4, -0.2) is 28.1 Å². The van der Waals surface area contributed by atoms with Crippen LogP contribution in [0.4, 0.5) is 0 Å². The first-order valence-electron chi connectivity index (χ1n) is 5.10. The molecule has 18 heavy (non-hydrogen) atoms. The van der Waals surface area contributed by atoms with Crippen LogP contribution in [-0.2, 0) is 16.3 Å². The largest absolute Gasteiger partial charge is 0.396 e. The summed E-state index contributed by atoms with van der Waals surface area (Å²) in [6.45, 7) is 0.417. The molecule has 94 valence electrons. The number of rotatable bonds is 4. The molecule has 0 fully saturated rings. The van der Waals surface area contributed by atoms with E-state index in [2.05, 4.69) is 20.0 Å². The predicted octanol–water partition coefficient (Wildman–Crippen LogP) is 1.70. The standard InChI is InChI=1S/C11H10ClN3O3/c1-17-18-11(16)9-10(12)14-15(13-9)7-8-5-3-2-4-6-8/h2-6H,7H2,1H3. The van der Waals surface area contributed by atoms with E-state index in [-0.39, 0.29) is 10.8 Å². The van der Waals surface area contributed by atoms with Crippen molar-refractivity contribution in [3.63, 3.8) is 0 Å². The molecule has 2 aromatic rings. The lowest BCUT2D eigenvalue weighted by Crippen LogP contribution is -2.08. The van der Waals surface area contributed by atoms with E-state index in [1.54, 1.807) is 0 Å². The maximum absolute atomic E-state index is 11.4. The van der Waals surface area contributed by atoms with Crippen molar-refractivity contribution in [3.8, 4) is 0 Å². The van der Waals surface area contributed by atoms with Crippen LogP contribution < -0.4 is 0 Å². The van der Waals surface area contributed by atoms with Crippen LogP contribution >= 0.6 is 11.6 Å². The first-order chi connectivity index (χ1) is 8.70. The lowest BCUT2D eigenvalue weighted by molar-refractivity contribution is -0.216. The molecule has 0 bridgehead atoms. The van der Waals surface area contributed by atoms with Crippen molar-refractivity contribution in [3.05, 3.63) is 46.7 Å². The van der Waals surface area contributed by atoms with Crippen molar-refractivity contribution in [1.29, 1.82) is 0 Å². The van der Waals surface area contributed by atoms with Gasteiger partial charge in [-0.2, -0.15) is 9.68 Å². The van der Waals surface area contributed by atoms with Gasteiger partial charge in [-0.3, -0.25) is 4.89 Å². The van der Waals surface area contributed by atoms with Crippen molar-refractivity contribution < 1.29 is 14.6 Å². The zero-order chi connectivity index (χ0) is 13.0. The molecule has 1 aromatic heterocycles. The van der Waals surface area contributed by atoms with Crippen molar-refractivity contribution in [1.82, 2.24) is 15.0 Å². The summed E-state index contributed by atoms with van der Waals surface area (Å²) in [5.41, 5.74) is 0.922. The third-order valence-corrected chi connectivity index (χ3v) is 2.39. The van der Waals surface area contributed by atoms with Gasteiger partial charge in [-0.05, 0) is 5.56 Å². The highest BCUT2D eigenvalue weighted by Gasteiger charge is 2.19. The van der Waals surface area contributed by atoms with Crippen LogP contribution in [0.15, 0.2) is 30.3 Å². The van der Waals surface area contributed by atoms with E-state index in [9.17, 15) is 4.79 Å². The SMILES string of the molecule is COOC(=O)c1nn(Cc2ccccc2)nc1Cl. The summed E-state index contributed by atoms with van der Waals surface area (Å²) < 4.78 is 0. The minimum absolute atomic E-state index is 0.0204. The van der Waals surface area contributed by atoms with E-state index in [0.717, 1.165) is 5.56 Å². The summed E-state index contributed by atoms with van der Waals surface area (Å²) in [4.78, 5) is 21.3. The molecule has 1 aromatic carbocycles. The fourth-order valence-electron chi connectivity index (χ4n) is 1.39. The van der Waals surface area contributed by atoms with Crippen molar-refractivity contribution in [2.75, 3.05) is 7.11 Å². The van der Waals surface area contributed by atoms with Crippen LogP contribution in [0, 0.1) is 0 Å². The minimum atomic E-state index is -0.776. The summed E-state index contributed by atoms with van der Waals surface area (Å²) in [5.74, 6) is -0.776. The van der Waals surface area contributed by atoms with Crippen LogP contribution in [0.5, 0.6) is 0 Å². The fourth-order valence-corrected chi connectivity index (χ4v) is 1.59. The minimum Gasteiger partial charge on any atom is -0.291 e. The molecule has 0 N–H and O–H groups in total. The molecule has 7 heteroatoms. The first-order valence-corrected chi connectivity index (χ1v) is 5.48. The normalized spacial score (nSPS) is 10.3. The molecule has 0 atom stereocenters. The van der Waals surface area contributed by atoms with Crippen LogP contribution in [0.25, 0.3) is 0 Å². The molecule has 6 nitrogen and oxygen atoms in total. The third kappa shape index (κ3) is 2.85. The van der Waals surface area contributed by atoms with Crippen LogP contribution in [0.1, 0.15) is 16.1 Å². The number of carbonyl (C=O) groups excluding carboxylic acids is 1. The topological polar surface area (TPSA) is 66.2 Å². The highest BCUT2D eigenvalue weighted by Crippen LogP contribution is 2.12. The number of benzene rings is 1. The number of hydrogen-bond acceptors (Lipinski definition) is 5.